The highest BCUT2D eigenvalue weighted by Crippen LogP contribution is 2.13. The van der Waals surface area contributed by atoms with Gasteiger partial charge in [0.25, 0.3) is 0 Å². The second-order valence-corrected chi connectivity index (χ2v) is 6.80. The van der Waals surface area contributed by atoms with Crippen LogP contribution in [0, 0.1) is 5.82 Å². The van der Waals surface area contributed by atoms with Gasteiger partial charge in [-0.05, 0) is 44.7 Å². The summed E-state index contributed by atoms with van der Waals surface area (Å²) in [6.45, 7) is 15.2. The number of likely N-dealkylation sites (N-methyl/N-ethyl adjacent to an activating group) is 1. The molecule has 0 aliphatic carbocycles. The number of nitrogens with one attached hydrogen (secondary N) is 2. The van der Waals surface area contributed by atoms with Crippen LogP contribution in [0.3, 0.4) is 0 Å². The number of piperazine rings is 1. The molecule has 160 valence electrons. The van der Waals surface area contributed by atoms with E-state index in [0.29, 0.717) is 12.3 Å². The van der Waals surface area contributed by atoms with E-state index in [9.17, 15) is 4.39 Å². The van der Waals surface area contributed by atoms with Gasteiger partial charge in [0, 0.05) is 45.8 Å². The average Bonchev–Trinajstić information content (AvgIpc) is 2.68. The monoisotopic (exact) mass is 507 g/mol. The number of benzene rings is 1. The molecule has 8 heteroatoms. The summed E-state index contributed by atoms with van der Waals surface area (Å²) in [6.07, 6.45) is -0.0898. The van der Waals surface area contributed by atoms with Crippen LogP contribution in [-0.4, -0.2) is 80.8 Å². The van der Waals surface area contributed by atoms with Crippen LogP contribution in [0.25, 0.3) is 0 Å². The van der Waals surface area contributed by atoms with Crippen molar-refractivity contribution in [2.45, 2.75) is 26.9 Å². The highest BCUT2D eigenvalue weighted by molar-refractivity contribution is 14.0. The van der Waals surface area contributed by atoms with Crippen LogP contribution in [0.4, 0.5) is 4.39 Å². The molecule has 0 bridgehead atoms. The molecule has 0 spiro atoms. The largest absolute Gasteiger partial charge is 0.489 e. The molecule has 2 N–H and O–H groups in total. The van der Waals surface area contributed by atoms with Crippen LogP contribution in [0.1, 0.15) is 20.8 Å². The summed E-state index contributed by atoms with van der Waals surface area (Å²) in [7, 11) is 0. The predicted octanol–water partition coefficient (Wildman–Crippen LogP) is 2.40. The quantitative estimate of drug-likeness (QED) is 0.306. The van der Waals surface area contributed by atoms with Crippen molar-refractivity contribution in [3.05, 3.63) is 30.1 Å². The van der Waals surface area contributed by atoms with Gasteiger partial charge in [-0.25, -0.2) is 9.38 Å². The molecule has 2 rings (SSSR count). The Morgan fingerprint density at radius 2 is 1.75 bits per heavy atom. The van der Waals surface area contributed by atoms with Gasteiger partial charge in [-0.15, -0.1) is 24.0 Å². The molecule has 0 amide bonds. The maximum absolute atomic E-state index is 13.0. The van der Waals surface area contributed by atoms with Crippen molar-refractivity contribution in [1.29, 1.82) is 0 Å². The molecule has 1 unspecified atom stereocenters. The second kappa shape index (κ2) is 13.9. The van der Waals surface area contributed by atoms with E-state index in [-0.39, 0.29) is 35.9 Å². The van der Waals surface area contributed by atoms with Gasteiger partial charge in [-0.3, -0.25) is 4.90 Å². The predicted molar refractivity (Wildman–Crippen MR) is 124 cm³/mol. The van der Waals surface area contributed by atoms with E-state index >= 15 is 0 Å². The summed E-state index contributed by atoms with van der Waals surface area (Å²) in [4.78, 5) is 9.58. The topological polar surface area (TPSA) is 52.1 Å². The Kier molecular flexibility index (Phi) is 12.4. The molecule has 1 aromatic rings. The molecule has 1 saturated heterocycles. The highest BCUT2D eigenvalue weighted by Gasteiger charge is 2.14. The molecule has 28 heavy (non-hydrogen) atoms. The van der Waals surface area contributed by atoms with E-state index in [1.807, 2.05) is 6.92 Å². The lowest BCUT2D eigenvalue weighted by Gasteiger charge is -2.34. The van der Waals surface area contributed by atoms with Gasteiger partial charge in [-0.2, -0.15) is 0 Å². The highest BCUT2D eigenvalue weighted by atomic mass is 127. The normalized spacial score (nSPS) is 16.9. The second-order valence-electron chi connectivity index (χ2n) is 6.80. The molecule has 1 aliphatic heterocycles. The summed E-state index contributed by atoms with van der Waals surface area (Å²) in [5.74, 6) is 1.20. The van der Waals surface area contributed by atoms with Crippen molar-refractivity contribution in [2.75, 3.05) is 58.9 Å². The first kappa shape index (κ1) is 24.9. The zero-order valence-corrected chi connectivity index (χ0v) is 19.6. The standard InChI is InChI=1S/C20H34FN5O.HI/c1-4-22-20(23-10-11-26-14-12-25(5-2)13-15-26)24-16-17(3)27-19-8-6-18(21)7-9-19;/h6-9,17H,4-5,10-16H2,1-3H3,(H2,22,23,24);1H. The smallest absolute Gasteiger partial charge is 0.191 e. The van der Waals surface area contributed by atoms with Crippen molar-refractivity contribution >= 4 is 29.9 Å². The van der Waals surface area contributed by atoms with E-state index < -0.39 is 0 Å². The van der Waals surface area contributed by atoms with Crippen molar-refractivity contribution in [3.63, 3.8) is 0 Å². The van der Waals surface area contributed by atoms with Crippen LogP contribution in [0.2, 0.25) is 0 Å². The Bertz CT molecular complexity index is 564. The first-order valence-corrected chi connectivity index (χ1v) is 9.99. The summed E-state index contributed by atoms with van der Waals surface area (Å²) >= 11 is 0. The number of halogens is 2. The number of rotatable bonds is 9. The Labute approximate surface area is 185 Å². The van der Waals surface area contributed by atoms with Crippen LogP contribution in [0.5, 0.6) is 5.75 Å². The minimum atomic E-state index is -0.261. The molecule has 0 aromatic heterocycles. The third-order valence-corrected chi connectivity index (χ3v) is 4.63. The van der Waals surface area contributed by atoms with Gasteiger partial charge in [0.05, 0.1) is 6.54 Å². The molecule has 6 nitrogen and oxygen atoms in total. The number of guanidine groups is 1. The summed E-state index contributed by atoms with van der Waals surface area (Å²) in [6, 6.07) is 6.07. The number of hydrogen-bond donors (Lipinski definition) is 2. The van der Waals surface area contributed by atoms with E-state index in [4.69, 9.17) is 4.74 Å². The lowest BCUT2D eigenvalue weighted by Crippen LogP contribution is -2.49. The third kappa shape index (κ3) is 9.38. The molecule has 0 radical (unpaired) electrons. The van der Waals surface area contributed by atoms with Crippen molar-refractivity contribution in [3.8, 4) is 5.75 Å². The van der Waals surface area contributed by atoms with Gasteiger partial charge < -0.3 is 20.3 Å². The number of ether oxygens (including phenoxy) is 1. The van der Waals surface area contributed by atoms with Gasteiger partial charge in [0.1, 0.15) is 17.7 Å². The maximum Gasteiger partial charge on any atom is 0.191 e. The maximum atomic E-state index is 13.0. The third-order valence-electron chi connectivity index (χ3n) is 4.63. The first-order valence-electron chi connectivity index (χ1n) is 9.99. The molecule has 1 fully saturated rings. The summed E-state index contributed by atoms with van der Waals surface area (Å²) in [5, 5.41) is 6.67. The lowest BCUT2D eigenvalue weighted by atomic mass is 10.3. The van der Waals surface area contributed by atoms with E-state index in [1.54, 1.807) is 12.1 Å². The first-order chi connectivity index (χ1) is 13.1. The molecule has 1 aliphatic rings. The van der Waals surface area contributed by atoms with Crippen molar-refractivity contribution in [1.82, 2.24) is 20.4 Å². The zero-order chi connectivity index (χ0) is 19.5. The van der Waals surface area contributed by atoms with E-state index in [1.165, 1.54) is 12.1 Å². The van der Waals surface area contributed by atoms with Crippen LogP contribution in [-0.2, 0) is 0 Å². The fraction of sp³-hybridized carbons (Fsp3) is 0.650. The van der Waals surface area contributed by atoms with Gasteiger partial charge in [0.15, 0.2) is 5.96 Å². The Morgan fingerprint density at radius 1 is 1.11 bits per heavy atom. The van der Waals surface area contributed by atoms with Crippen molar-refractivity contribution in [2.24, 2.45) is 4.99 Å². The van der Waals surface area contributed by atoms with E-state index in [2.05, 4.69) is 39.3 Å². The van der Waals surface area contributed by atoms with Crippen molar-refractivity contribution < 1.29 is 9.13 Å². The lowest BCUT2D eigenvalue weighted by molar-refractivity contribution is 0.139. The fourth-order valence-corrected chi connectivity index (χ4v) is 3.01. The zero-order valence-electron chi connectivity index (χ0n) is 17.3. The van der Waals surface area contributed by atoms with Crippen LogP contribution < -0.4 is 15.4 Å². The Balaban J connectivity index is 0.00000392. The number of nitrogens with zero attached hydrogens (tertiary/aromatic N) is 3. The van der Waals surface area contributed by atoms with Gasteiger partial charge in [-0.1, -0.05) is 6.92 Å². The molecule has 1 atom stereocenters. The molecule has 1 aromatic carbocycles. The fourth-order valence-electron chi connectivity index (χ4n) is 3.01. The SMILES string of the molecule is CCNC(=NCC(C)Oc1ccc(F)cc1)NCCN1CCN(CC)CC1.I. The van der Waals surface area contributed by atoms with Crippen LogP contribution >= 0.6 is 24.0 Å². The average molecular weight is 507 g/mol. The minimum Gasteiger partial charge on any atom is -0.489 e. The molecule has 0 saturated carbocycles. The van der Waals surface area contributed by atoms with Crippen LogP contribution in [0.15, 0.2) is 29.3 Å². The summed E-state index contributed by atoms with van der Waals surface area (Å²) < 4.78 is 18.7. The van der Waals surface area contributed by atoms with Gasteiger partial charge in [0.2, 0.25) is 0 Å². The number of aliphatic imine (C=N–C) groups is 1. The molecule has 1 heterocycles. The minimum absolute atomic E-state index is 0. The Hall–Kier alpha value is -1.13. The summed E-state index contributed by atoms with van der Waals surface area (Å²) in [5.41, 5.74) is 0. The number of hydrogen-bond acceptors (Lipinski definition) is 4. The molecular weight excluding hydrogens is 472 g/mol. The van der Waals surface area contributed by atoms with Gasteiger partial charge >= 0.3 is 0 Å². The molecular formula is C20H35FIN5O. The van der Waals surface area contributed by atoms with E-state index in [0.717, 1.165) is 58.3 Å². The Morgan fingerprint density at radius 3 is 2.36 bits per heavy atom.